The Morgan fingerprint density at radius 3 is 2.46 bits per heavy atom. The molecule has 0 bridgehead atoms. The fourth-order valence-electron chi connectivity index (χ4n) is 7.31. The van der Waals surface area contributed by atoms with E-state index in [1.54, 1.807) is 36.7 Å². The van der Waals surface area contributed by atoms with Gasteiger partial charge in [0.15, 0.2) is 0 Å². The number of hydrogen-bond acceptors (Lipinski definition) is 12. The molecule has 4 aromatic rings. The van der Waals surface area contributed by atoms with E-state index in [-0.39, 0.29) is 42.1 Å². The number of piperidine rings is 1. The van der Waals surface area contributed by atoms with Crippen molar-refractivity contribution in [1.29, 1.82) is 5.26 Å². The molecule has 57 heavy (non-hydrogen) atoms. The van der Waals surface area contributed by atoms with Crippen LogP contribution in [0.25, 0.3) is 10.9 Å². The molecule has 2 aromatic carbocycles. The third-order valence-corrected chi connectivity index (χ3v) is 10.2. The number of imide groups is 2. The molecule has 2 N–H and O–H groups in total. The van der Waals surface area contributed by atoms with Gasteiger partial charge < -0.3 is 29.3 Å². The zero-order valence-corrected chi connectivity index (χ0v) is 31.6. The second-order valence-corrected chi connectivity index (χ2v) is 14.1. The summed E-state index contributed by atoms with van der Waals surface area (Å²) in [6.45, 7) is 6.83. The summed E-state index contributed by atoms with van der Waals surface area (Å²) in [5.41, 5.74) is 3.11. The van der Waals surface area contributed by atoms with Crippen molar-refractivity contribution in [2.75, 3.05) is 49.7 Å². The van der Waals surface area contributed by atoms with E-state index in [1.807, 2.05) is 30.0 Å². The Labute approximate surface area is 328 Å². The topological polar surface area (TPSA) is 196 Å². The minimum atomic E-state index is -1.02. The second-order valence-electron chi connectivity index (χ2n) is 14.1. The number of urea groups is 1. The molecule has 16 heteroatoms. The van der Waals surface area contributed by atoms with Crippen molar-refractivity contribution >= 4 is 51.9 Å². The predicted octanol–water partition coefficient (Wildman–Crippen LogP) is 4.29. The molecular weight excluding hydrogens is 732 g/mol. The second kappa shape index (κ2) is 17.0. The first-order valence-electron chi connectivity index (χ1n) is 18.9. The van der Waals surface area contributed by atoms with Gasteiger partial charge in [-0.1, -0.05) is 0 Å². The van der Waals surface area contributed by atoms with Gasteiger partial charge in [-0.05, 0) is 68.8 Å². The lowest BCUT2D eigenvalue weighted by Crippen LogP contribution is -2.59. The normalized spacial score (nSPS) is 19.3. The molecule has 7 rings (SSSR count). The number of benzene rings is 2. The van der Waals surface area contributed by atoms with Crippen molar-refractivity contribution in [1.82, 2.24) is 25.1 Å². The van der Waals surface area contributed by atoms with Crippen molar-refractivity contribution in [2.45, 2.75) is 57.7 Å². The summed E-state index contributed by atoms with van der Waals surface area (Å²) in [6.07, 6.45) is 4.61. The highest BCUT2D eigenvalue weighted by Gasteiger charge is 2.44. The van der Waals surface area contributed by atoms with E-state index < -0.39 is 29.7 Å². The smallest absolute Gasteiger partial charge is 0.322 e. The third-order valence-electron chi connectivity index (χ3n) is 10.2. The van der Waals surface area contributed by atoms with E-state index in [2.05, 4.69) is 38.5 Å². The average molecular weight is 775 g/mol. The lowest BCUT2D eigenvalue weighted by Gasteiger charge is -2.45. The van der Waals surface area contributed by atoms with Gasteiger partial charge in [-0.25, -0.2) is 9.78 Å². The molecule has 0 radical (unpaired) electrons. The number of rotatable bonds is 13. The monoisotopic (exact) mass is 774 g/mol. The number of aromatic nitrogens is 2. The molecule has 6 amide bonds. The van der Waals surface area contributed by atoms with Crippen LogP contribution >= 0.6 is 0 Å². The summed E-state index contributed by atoms with van der Waals surface area (Å²) < 4.78 is 17.2. The van der Waals surface area contributed by atoms with Crippen LogP contribution in [0.15, 0.2) is 67.0 Å². The van der Waals surface area contributed by atoms with E-state index in [4.69, 9.17) is 14.2 Å². The molecule has 2 fully saturated rings. The molecule has 0 spiro atoms. The Hall–Kier alpha value is -6.60. The van der Waals surface area contributed by atoms with Gasteiger partial charge in [0.2, 0.25) is 17.7 Å². The molecule has 5 heterocycles. The molecule has 3 atom stereocenters. The Morgan fingerprint density at radius 2 is 1.70 bits per heavy atom. The van der Waals surface area contributed by atoms with E-state index >= 15 is 0 Å². The van der Waals surface area contributed by atoms with Crippen molar-refractivity contribution in [3.05, 3.63) is 83.7 Å². The molecule has 0 saturated carbocycles. The van der Waals surface area contributed by atoms with Gasteiger partial charge in [-0.3, -0.25) is 34.4 Å². The SMILES string of the molecule is CC1CN(C(=O)Nc2ccc(OCCCOCCCOc3ccc4c(c3)C(=O)N(C3CCC(=O)NC3=O)C4=O)nc2)[C@H](C)CN1c1ccc(C#N)c2ncccc12. The van der Waals surface area contributed by atoms with Crippen molar-refractivity contribution in [3.63, 3.8) is 0 Å². The molecule has 2 unspecified atom stereocenters. The van der Waals surface area contributed by atoms with Crippen LogP contribution in [0.1, 0.15) is 65.8 Å². The quantitative estimate of drug-likeness (QED) is 0.145. The van der Waals surface area contributed by atoms with E-state index in [0.717, 1.165) is 16.0 Å². The van der Waals surface area contributed by atoms with E-state index in [0.29, 0.717) is 80.8 Å². The zero-order valence-electron chi connectivity index (χ0n) is 31.6. The maximum Gasteiger partial charge on any atom is 0.322 e. The van der Waals surface area contributed by atoms with Crippen LogP contribution in [-0.2, 0) is 14.3 Å². The van der Waals surface area contributed by atoms with Gasteiger partial charge in [0.25, 0.3) is 11.8 Å². The number of ether oxygens (including phenoxy) is 3. The highest BCUT2D eigenvalue weighted by molar-refractivity contribution is 6.23. The molecule has 294 valence electrons. The minimum absolute atomic E-state index is 0.0232. The molecule has 16 nitrogen and oxygen atoms in total. The molecule has 3 aliphatic heterocycles. The van der Waals surface area contributed by atoms with Crippen LogP contribution < -0.4 is 25.0 Å². The summed E-state index contributed by atoms with van der Waals surface area (Å²) in [7, 11) is 0. The summed E-state index contributed by atoms with van der Waals surface area (Å²) in [6, 6.07) is 16.6. The molecular formula is C41H42N8O8. The van der Waals surface area contributed by atoms with E-state index in [1.165, 1.54) is 12.1 Å². The highest BCUT2D eigenvalue weighted by atomic mass is 16.5. The van der Waals surface area contributed by atoms with Gasteiger partial charge >= 0.3 is 6.03 Å². The van der Waals surface area contributed by atoms with Crippen LogP contribution in [0.3, 0.4) is 0 Å². The largest absolute Gasteiger partial charge is 0.493 e. The number of anilines is 2. The van der Waals surface area contributed by atoms with Crippen LogP contribution in [0, 0.1) is 11.3 Å². The van der Waals surface area contributed by atoms with Crippen LogP contribution in [0.2, 0.25) is 0 Å². The molecule has 3 aliphatic rings. The van der Waals surface area contributed by atoms with Crippen molar-refractivity contribution in [2.24, 2.45) is 0 Å². The first-order chi connectivity index (χ1) is 27.6. The first kappa shape index (κ1) is 38.7. The standard InChI is InChI=1S/C41H42N8O8/c1-25-24-48(26(2)23-47(25)33-11-7-27(21-42)37-31(33)6-3-15-43-37)41(54)45-28-8-14-36(44-22-28)57-19-5-17-55-16-4-18-56-29-9-10-30-32(20-29)40(53)49(39(30)52)34-12-13-35(50)46-38(34)51/h3,6-11,14-15,20,22,25-26,34H,4-5,12-13,16-19,23-24H2,1-2H3,(H,45,54)(H,46,50,51)/t25?,26-,34?/m1/s1. The Morgan fingerprint density at radius 1 is 0.912 bits per heavy atom. The number of fused-ring (bicyclic) bond motifs is 2. The van der Waals surface area contributed by atoms with Crippen molar-refractivity contribution in [3.8, 4) is 17.7 Å². The predicted molar refractivity (Wildman–Crippen MR) is 207 cm³/mol. The number of carbonyl (C=O) groups is 5. The summed E-state index contributed by atoms with van der Waals surface area (Å²) in [4.78, 5) is 76.8. The third kappa shape index (κ3) is 8.33. The van der Waals surface area contributed by atoms with Crippen LogP contribution in [0.5, 0.6) is 11.6 Å². The first-order valence-corrected chi connectivity index (χ1v) is 18.9. The number of hydrogen-bond donors (Lipinski definition) is 2. The van der Waals surface area contributed by atoms with Crippen LogP contribution in [0.4, 0.5) is 16.2 Å². The number of nitrogens with one attached hydrogen (secondary N) is 2. The Balaban J connectivity index is 0.786. The number of amides is 6. The highest BCUT2D eigenvalue weighted by Crippen LogP contribution is 2.33. The van der Waals surface area contributed by atoms with Gasteiger partial charge in [0.05, 0.1) is 47.3 Å². The summed E-state index contributed by atoms with van der Waals surface area (Å²) in [5.74, 6) is -1.38. The number of pyridine rings is 2. The summed E-state index contributed by atoms with van der Waals surface area (Å²) in [5, 5.41) is 15.6. The lowest BCUT2D eigenvalue weighted by molar-refractivity contribution is -0.136. The van der Waals surface area contributed by atoms with E-state index in [9.17, 15) is 29.2 Å². The maximum atomic E-state index is 13.3. The van der Waals surface area contributed by atoms with Crippen molar-refractivity contribution < 1.29 is 38.2 Å². The fraction of sp³-hybridized carbons (Fsp3) is 0.366. The average Bonchev–Trinajstić information content (AvgIpc) is 3.45. The molecule has 0 aliphatic carbocycles. The van der Waals surface area contributed by atoms with Gasteiger partial charge in [0, 0.05) is 81.0 Å². The Kier molecular flexibility index (Phi) is 11.6. The van der Waals surface area contributed by atoms with Gasteiger partial charge in [-0.15, -0.1) is 0 Å². The minimum Gasteiger partial charge on any atom is -0.493 e. The molecule has 2 aromatic heterocycles. The fourth-order valence-corrected chi connectivity index (χ4v) is 7.31. The molecule has 2 saturated heterocycles. The van der Waals surface area contributed by atoms with Gasteiger partial charge in [-0.2, -0.15) is 5.26 Å². The van der Waals surface area contributed by atoms with Gasteiger partial charge in [0.1, 0.15) is 17.9 Å². The maximum absolute atomic E-state index is 13.3. The van der Waals surface area contributed by atoms with Crippen LogP contribution in [-0.4, -0.2) is 107 Å². The number of carbonyl (C=O) groups excluding carboxylic acids is 5. The number of nitrogens with zero attached hydrogens (tertiary/aromatic N) is 6. The summed E-state index contributed by atoms with van der Waals surface area (Å²) >= 11 is 0. The number of piperazine rings is 1. The lowest BCUT2D eigenvalue weighted by atomic mass is 10.0. The number of nitriles is 1. The Bertz CT molecular complexity index is 2240. The zero-order chi connectivity index (χ0) is 40.1.